The van der Waals surface area contributed by atoms with Crippen LogP contribution in [0.5, 0.6) is 11.5 Å². The molecule has 0 saturated heterocycles. The number of nitrogens with one attached hydrogen (secondary N) is 1. The van der Waals surface area contributed by atoms with Crippen molar-refractivity contribution in [1.29, 1.82) is 0 Å². The minimum absolute atomic E-state index is 0.270. The van der Waals surface area contributed by atoms with Gasteiger partial charge in [-0.1, -0.05) is 24.3 Å². The maximum atomic E-state index is 13.1. The number of benzene rings is 3. The lowest BCUT2D eigenvalue weighted by molar-refractivity contribution is 0.102. The van der Waals surface area contributed by atoms with E-state index in [9.17, 15) is 4.79 Å². The van der Waals surface area contributed by atoms with Crippen molar-refractivity contribution >= 4 is 11.6 Å². The number of rotatable bonds is 8. The van der Waals surface area contributed by atoms with E-state index in [1.165, 1.54) is 0 Å². The van der Waals surface area contributed by atoms with Crippen LogP contribution in [0.2, 0.25) is 0 Å². The van der Waals surface area contributed by atoms with Crippen molar-refractivity contribution in [3.63, 3.8) is 0 Å². The average Bonchev–Trinajstić information content (AvgIpc) is 3.31. The highest BCUT2D eigenvalue weighted by atomic mass is 16.5. The topological polar surface area (TPSA) is 73.6 Å². The summed E-state index contributed by atoms with van der Waals surface area (Å²) in [6.45, 7) is 4.96. The molecule has 0 unspecified atom stereocenters. The highest BCUT2D eigenvalue weighted by Crippen LogP contribution is 2.30. The second kappa shape index (κ2) is 9.83. The van der Waals surface area contributed by atoms with E-state index in [4.69, 9.17) is 13.9 Å². The van der Waals surface area contributed by atoms with E-state index in [1.807, 2.05) is 74.5 Å². The summed E-state index contributed by atoms with van der Waals surface area (Å²) in [5.74, 6) is 2.13. The Morgan fingerprint density at radius 1 is 0.906 bits per heavy atom. The second-order valence-corrected chi connectivity index (χ2v) is 6.92. The number of carbonyl (C=O) groups excluding carboxylic acids is 1. The van der Waals surface area contributed by atoms with Gasteiger partial charge in [-0.2, -0.15) is 0 Å². The van der Waals surface area contributed by atoms with Gasteiger partial charge in [-0.05, 0) is 62.4 Å². The third kappa shape index (κ3) is 4.64. The number of ether oxygens (including phenoxy) is 2. The minimum atomic E-state index is -0.270. The Labute approximate surface area is 186 Å². The molecule has 1 N–H and O–H groups in total. The molecule has 1 heterocycles. The first-order valence-electron chi connectivity index (χ1n) is 10.5. The van der Waals surface area contributed by atoms with Crippen molar-refractivity contribution in [3.8, 4) is 34.3 Å². The zero-order valence-corrected chi connectivity index (χ0v) is 18.0. The van der Waals surface area contributed by atoms with Gasteiger partial charge in [-0.25, -0.2) is 4.98 Å². The number of nitrogens with zero attached hydrogens (tertiary/aromatic N) is 1. The van der Waals surface area contributed by atoms with E-state index in [2.05, 4.69) is 10.3 Å². The van der Waals surface area contributed by atoms with Gasteiger partial charge in [-0.15, -0.1) is 0 Å². The molecule has 3 aromatic carbocycles. The summed E-state index contributed by atoms with van der Waals surface area (Å²) in [6, 6.07) is 22.2. The zero-order chi connectivity index (χ0) is 22.3. The van der Waals surface area contributed by atoms with Crippen molar-refractivity contribution in [1.82, 2.24) is 4.98 Å². The smallest absolute Gasteiger partial charge is 0.256 e. The molecule has 0 aliphatic carbocycles. The van der Waals surface area contributed by atoms with Gasteiger partial charge in [-0.3, -0.25) is 4.79 Å². The number of anilines is 1. The van der Waals surface area contributed by atoms with Crippen LogP contribution in [-0.4, -0.2) is 24.1 Å². The molecule has 1 amide bonds. The van der Waals surface area contributed by atoms with Crippen LogP contribution in [0.3, 0.4) is 0 Å². The number of para-hydroxylation sites is 2. The molecule has 0 aliphatic rings. The van der Waals surface area contributed by atoms with Crippen molar-refractivity contribution in [2.45, 2.75) is 13.8 Å². The Bertz CT molecular complexity index is 1200. The molecule has 4 aromatic rings. The van der Waals surface area contributed by atoms with Gasteiger partial charge >= 0.3 is 0 Å². The van der Waals surface area contributed by atoms with Crippen LogP contribution in [0.4, 0.5) is 5.69 Å². The molecular weight excluding hydrogens is 404 g/mol. The SMILES string of the molecule is CCOc1ccc(-c2cnc(-c3ccccc3C(=O)Nc3ccccc3OCC)o2)cc1. The first-order valence-corrected chi connectivity index (χ1v) is 10.5. The van der Waals surface area contributed by atoms with Crippen LogP contribution >= 0.6 is 0 Å². The van der Waals surface area contributed by atoms with Crippen LogP contribution in [0.15, 0.2) is 83.4 Å². The predicted molar refractivity (Wildman–Crippen MR) is 124 cm³/mol. The molecule has 0 radical (unpaired) electrons. The summed E-state index contributed by atoms with van der Waals surface area (Å²) in [5, 5.41) is 2.93. The highest BCUT2D eigenvalue weighted by Gasteiger charge is 2.18. The lowest BCUT2D eigenvalue weighted by atomic mass is 10.1. The van der Waals surface area contributed by atoms with Crippen LogP contribution in [0, 0.1) is 0 Å². The van der Waals surface area contributed by atoms with Gasteiger partial charge in [0.25, 0.3) is 5.91 Å². The maximum Gasteiger partial charge on any atom is 0.256 e. The summed E-state index contributed by atoms with van der Waals surface area (Å²) >= 11 is 0. The summed E-state index contributed by atoms with van der Waals surface area (Å²) < 4.78 is 17.1. The minimum Gasteiger partial charge on any atom is -0.494 e. The molecule has 0 aliphatic heterocycles. The molecular formula is C26H24N2O4. The highest BCUT2D eigenvalue weighted by molar-refractivity contribution is 6.08. The third-order valence-corrected chi connectivity index (χ3v) is 4.79. The first kappa shape index (κ1) is 21.2. The Morgan fingerprint density at radius 3 is 2.41 bits per heavy atom. The second-order valence-electron chi connectivity index (χ2n) is 6.92. The molecule has 6 heteroatoms. The Balaban J connectivity index is 1.60. The first-order chi connectivity index (χ1) is 15.7. The number of aromatic nitrogens is 1. The molecule has 0 atom stereocenters. The van der Waals surface area contributed by atoms with Crippen LogP contribution < -0.4 is 14.8 Å². The molecule has 0 fully saturated rings. The molecule has 4 rings (SSSR count). The van der Waals surface area contributed by atoms with Gasteiger partial charge < -0.3 is 19.2 Å². The van der Waals surface area contributed by atoms with E-state index in [1.54, 1.807) is 18.3 Å². The van der Waals surface area contributed by atoms with Crippen LogP contribution in [-0.2, 0) is 0 Å². The van der Waals surface area contributed by atoms with Crippen LogP contribution in [0.1, 0.15) is 24.2 Å². The van der Waals surface area contributed by atoms with Crippen molar-refractivity contribution in [3.05, 3.63) is 84.6 Å². The fourth-order valence-electron chi connectivity index (χ4n) is 3.32. The zero-order valence-electron chi connectivity index (χ0n) is 18.0. The quantitative estimate of drug-likeness (QED) is 0.369. The molecule has 6 nitrogen and oxygen atoms in total. The fraction of sp³-hybridized carbons (Fsp3) is 0.154. The summed E-state index contributed by atoms with van der Waals surface area (Å²) in [7, 11) is 0. The summed E-state index contributed by atoms with van der Waals surface area (Å²) in [6.07, 6.45) is 1.66. The molecule has 0 bridgehead atoms. The van der Waals surface area contributed by atoms with Crippen molar-refractivity contribution in [2.75, 3.05) is 18.5 Å². The fourth-order valence-corrected chi connectivity index (χ4v) is 3.32. The monoisotopic (exact) mass is 428 g/mol. The number of oxazole rings is 1. The van der Waals surface area contributed by atoms with E-state index in [0.29, 0.717) is 47.4 Å². The molecule has 0 saturated carbocycles. The van der Waals surface area contributed by atoms with E-state index in [-0.39, 0.29) is 5.91 Å². The Morgan fingerprint density at radius 2 is 1.62 bits per heavy atom. The van der Waals surface area contributed by atoms with Gasteiger partial charge in [0.1, 0.15) is 11.5 Å². The molecule has 1 aromatic heterocycles. The van der Waals surface area contributed by atoms with Gasteiger partial charge in [0, 0.05) is 11.1 Å². The normalized spacial score (nSPS) is 10.6. The van der Waals surface area contributed by atoms with Gasteiger partial charge in [0.15, 0.2) is 5.76 Å². The maximum absolute atomic E-state index is 13.1. The summed E-state index contributed by atoms with van der Waals surface area (Å²) in [4.78, 5) is 17.5. The number of amides is 1. The van der Waals surface area contributed by atoms with Gasteiger partial charge in [0.2, 0.25) is 5.89 Å². The Kier molecular flexibility index (Phi) is 6.51. The lowest BCUT2D eigenvalue weighted by Crippen LogP contribution is -2.14. The lowest BCUT2D eigenvalue weighted by Gasteiger charge is -2.12. The largest absolute Gasteiger partial charge is 0.494 e. The van der Waals surface area contributed by atoms with Gasteiger partial charge in [0.05, 0.1) is 30.7 Å². The average molecular weight is 428 g/mol. The molecule has 0 spiro atoms. The van der Waals surface area contributed by atoms with E-state index >= 15 is 0 Å². The molecule has 162 valence electrons. The van der Waals surface area contributed by atoms with E-state index in [0.717, 1.165) is 11.3 Å². The van der Waals surface area contributed by atoms with E-state index < -0.39 is 0 Å². The summed E-state index contributed by atoms with van der Waals surface area (Å²) in [5.41, 5.74) is 2.55. The van der Waals surface area contributed by atoms with Crippen molar-refractivity contribution < 1.29 is 18.7 Å². The third-order valence-electron chi connectivity index (χ3n) is 4.79. The number of carbonyl (C=O) groups is 1. The van der Waals surface area contributed by atoms with Crippen LogP contribution in [0.25, 0.3) is 22.8 Å². The number of hydrogen-bond donors (Lipinski definition) is 1. The van der Waals surface area contributed by atoms with Crippen molar-refractivity contribution in [2.24, 2.45) is 0 Å². The predicted octanol–water partition coefficient (Wildman–Crippen LogP) is 6.06. The molecule has 32 heavy (non-hydrogen) atoms. The Hall–Kier alpha value is -4.06. The standard InChI is InChI=1S/C26H24N2O4/c1-3-30-19-15-13-18(14-16-19)24-17-27-26(32-24)21-10-6-5-9-20(21)25(29)28-22-11-7-8-12-23(22)31-4-2/h5-17H,3-4H2,1-2H3,(H,28,29). The number of hydrogen-bond acceptors (Lipinski definition) is 5.